The smallest absolute Gasteiger partial charge is 0.251 e. The summed E-state index contributed by atoms with van der Waals surface area (Å²) in [5.41, 5.74) is 4.29. The molecule has 32 heavy (non-hydrogen) atoms. The van der Waals surface area contributed by atoms with Gasteiger partial charge in [0.15, 0.2) is 0 Å². The second-order valence-electron chi connectivity index (χ2n) is 7.58. The highest BCUT2D eigenvalue weighted by molar-refractivity contribution is 6.06. The van der Waals surface area contributed by atoms with E-state index in [4.69, 9.17) is 0 Å². The lowest BCUT2D eigenvalue weighted by atomic mass is 9.96. The van der Waals surface area contributed by atoms with Gasteiger partial charge in [0.2, 0.25) is 5.95 Å². The number of hydrogen-bond donors (Lipinski definition) is 2. The average molecular weight is 430 g/mol. The number of benzene rings is 1. The molecule has 0 aliphatic rings. The Morgan fingerprint density at radius 1 is 1.12 bits per heavy atom. The SMILES string of the molecule is CNC(=O)c1ccnc2c([C@H](C)CNc3cc(-c4cnc(F)c(C)c4)ncn3)cccc12. The number of halogens is 1. The van der Waals surface area contributed by atoms with Crippen LogP contribution in [-0.4, -0.2) is 39.4 Å². The molecule has 0 fully saturated rings. The second-order valence-corrected chi connectivity index (χ2v) is 7.58. The molecule has 162 valence electrons. The standard InChI is InChI=1S/C24H23FN6O/c1-14-9-16(12-29-23(14)25)20-10-21(31-13-30-20)28-11-15(2)17-5-4-6-18-19(24(32)26-3)7-8-27-22(17)18/h4-10,12-13,15H,11H2,1-3H3,(H,26,32)(H,28,30,31)/t15-/m1/s1. The zero-order valence-corrected chi connectivity index (χ0v) is 18.1. The van der Waals surface area contributed by atoms with Crippen molar-refractivity contribution in [2.24, 2.45) is 0 Å². The summed E-state index contributed by atoms with van der Waals surface area (Å²) in [7, 11) is 1.62. The molecule has 1 amide bonds. The van der Waals surface area contributed by atoms with Crippen molar-refractivity contribution in [1.29, 1.82) is 0 Å². The minimum absolute atomic E-state index is 0.0966. The van der Waals surface area contributed by atoms with E-state index < -0.39 is 5.95 Å². The predicted molar refractivity (Wildman–Crippen MR) is 122 cm³/mol. The number of carbonyl (C=O) groups excluding carboxylic acids is 1. The molecule has 1 aromatic carbocycles. The number of amides is 1. The Morgan fingerprint density at radius 2 is 1.97 bits per heavy atom. The Labute approximate surface area is 185 Å². The molecule has 3 heterocycles. The number of aryl methyl sites for hydroxylation is 1. The largest absolute Gasteiger partial charge is 0.369 e. The first-order valence-corrected chi connectivity index (χ1v) is 10.3. The van der Waals surface area contributed by atoms with Crippen LogP contribution in [-0.2, 0) is 0 Å². The number of fused-ring (bicyclic) bond motifs is 1. The van der Waals surface area contributed by atoms with E-state index in [1.165, 1.54) is 12.5 Å². The molecule has 0 unspecified atom stereocenters. The Bertz CT molecular complexity index is 1290. The number of carbonyl (C=O) groups is 1. The Hall–Kier alpha value is -3.94. The molecule has 7 nitrogen and oxygen atoms in total. The predicted octanol–water partition coefficient (Wildman–Crippen LogP) is 4.11. The number of nitrogens with one attached hydrogen (secondary N) is 2. The van der Waals surface area contributed by atoms with Gasteiger partial charge in [-0.1, -0.05) is 25.1 Å². The Kier molecular flexibility index (Phi) is 6.02. The molecular weight excluding hydrogens is 407 g/mol. The summed E-state index contributed by atoms with van der Waals surface area (Å²) in [6.45, 7) is 4.36. The summed E-state index contributed by atoms with van der Waals surface area (Å²) in [5, 5.41) is 6.83. The third kappa shape index (κ3) is 4.25. The summed E-state index contributed by atoms with van der Waals surface area (Å²) in [6.07, 6.45) is 4.59. The fourth-order valence-corrected chi connectivity index (χ4v) is 3.61. The molecule has 0 radical (unpaired) electrons. The third-order valence-electron chi connectivity index (χ3n) is 5.37. The van der Waals surface area contributed by atoms with Crippen molar-refractivity contribution >= 4 is 22.6 Å². The van der Waals surface area contributed by atoms with Crippen LogP contribution in [0, 0.1) is 12.9 Å². The first-order valence-electron chi connectivity index (χ1n) is 10.3. The molecule has 0 aliphatic heterocycles. The normalized spacial score (nSPS) is 11.9. The van der Waals surface area contributed by atoms with Crippen LogP contribution in [0.1, 0.15) is 34.3 Å². The molecule has 0 saturated carbocycles. The van der Waals surface area contributed by atoms with Crippen molar-refractivity contribution in [2.75, 3.05) is 18.9 Å². The van der Waals surface area contributed by atoms with Gasteiger partial charge in [0.1, 0.15) is 12.1 Å². The number of para-hydroxylation sites is 1. The monoisotopic (exact) mass is 430 g/mol. The lowest BCUT2D eigenvalue weighted by Crippen LogP contribution is -2.18. The minimum atomic E-state index is -0.488. The topological polar surface area (TPSA) is 92.7 Å². The van der Waals surface area contributed by atoms with Gasteiger partial charge < -0.3 is 10.6 Å². The number of aromatic nitrogens is 4. The molecule has 0 spiro atoms. The molecule has 3 aromatic heterocycles. The first-order chi connectivity index (χ1) is 15.5. The summed E-state index contributed by atoms with van der Waals surface area (Å²) < 4.78 is 13.5. The van der Waals surface area contributed by atoms with Gasteiger partial charge in [-0.2, -0.15) is 4.39 Å². The van der Waals surface area contributed by atoms with Crippen LogP contribution in [0.5, 0.6) is 0 Å². The molecule has 1 atom stereocenters. The highest BCUT2D eigenvalue weighted by Gasteiger charge is 2.15. The van der Waals surface area contributed by atoms with E-state index in [1.807, 2.05) is 24.3 Å². The van der Waals surface area contributed by atoms with Crippen molar-refractivity contribution in [3.05, 3.63) is 77.8 Å². The van der Waals surface area contributed by atoms with Crippen LogP contribution in [0.15, 0.2) is 55.1 Å². The van der Waals surface area contributed by atoms with Crippen molar-refractivity contribution in [3.63, 3.8) is 0 Å². The number of hydrogen-bond acceptors (Lipinski definition) is 6. The van der Waals surface area contributed by atoms with Crippen molar-refractivity contribution in [1.82, 2.24) is 25.3 Å². The number of nitrogens with zero attached hydrogens (tertiary/aromatic N) is 4. The molecule has 4 aromatic rings. The van der Waals surface area contributed by atoms with Gasteiger partial charge in [-0.25, -0.2) is 15.0 Å². The summed E-state index contributed by atoms with van der Waals surface area (Å²) in [4.78, 5) is 29.1. The highest BCUT2D eigenvalue weighted by Crippen LogP contribution is 2.27. The van der Waals surface area contributed by atoms with Gasteiger partial charge in [0, 0.05) is 54.5 Å². The van der Waals surface area contributed by atoms with Crippen LogP contribution in [0.3, 0.4) is 0 Å². The molecule has 0 bridgehead atoms. The van der Waals surface area contributed by atoms with Crippen molar-refractivity contribution < 1.29 is 9.18 Å². The number of pyridine rings is 2. The summed E-state index contributed by atoms with van der Waals surface area (Å²) in [5.74, 6) is 0.125. The summed E-state index contributed by atoms with van der Waals surface area (Å²) >= 11 is 0. The van der Waals surface area contributed by atoms with Crippen LogP contribution < -0.4 is 10.6 Å². The Morgan fingerprint density at radius 3 is 2.75 bits per heavy atom. The van der Waals surface area contributed by atoms with Crippen LogP contribution >= 0.6 is 0 Å². The van der Waals surface area contributed by atoms with E-state index in [0.717, 1.165) is 22.0 Å². The van der Waals surface area contributed by atoms with Gasteiger partial charge >= 0.3 is 0 Å². The lowest BCUT2D eigenvalue weighted by Gasteiger charge is -2.16. The van der Waals surface area contributed by atoms with E-state index >= 15 is 0 Å². The van der Waals surface area contributed by atoms with E-state index in [9.17, 15) is 9.18 Å². The number of anilines is 1. The molecule has 8 heteroatoms. The van der Waals surface area contributed by atoms with E-state index in [0.29, 0.717) is 29.2 Å². The van der Waals surface area contributed by atoms with Crippen LogP contribution in [0.4, 0.5) is 10.2 Å². The van der Waals surface area contributed by atoms with Crippen LogP contribution in [0.2, 0.25) is 0 Å². The van der Waals surface area contributed by atoms with E-state index in [2.05, 4.69) is 37.5 Å². The van der Waals surface area contributed by atoms with Gasteiger partial charge in [-0.3, -0.25) is 9.78 Å². The fourth-order valence-electron chi connectivity index (χ4n) is 3.61. The first kappa shape index (κ1) is 21.3. The molecular formula is C24H23FN6O. The quantitative estimate of drug-likeness (QED) is 0.447. The van der Waals surface area contributed by atoms with Gasteiger partial charge in [0.05, 0.1) is 16.8 Å². The third-order valence-corrected chi connectivity index (χ3v) is 5.37. The molecule has 2 N–H and O–H groups in total. The van der Waals surface area contributed by atoms with Crippen molar-refractivity contribution in [3.8, 4) is 11.3 Å². The van der Waals surface area contributed by atoms with Crippen molar-refractivity contribution in [2.45, 2.75) is 19.8 Å². The molecule has 4 rings (SSSR count). The fraction of sp³-hybridized carbons (Fsp3) is 0.208. The van der Waals surface area contributed by atoms with E-state index in [-0.39, 0.29) is 11.8 Å². The maximum absolute atomic E-state index is 13.5. The van der Waals surface area contributed by atoms with E-state index in [1.54, 1.807) is 32.3 Å². The average Bonchev–Trinajstić information content (AvgIpc) is 2.83. The highest BCUT2D eigenvalue weighted by atomic mass is 19.1. The maximum Gasteiger partial charge on any atom is 0.251 e. The zero-order valence-electron chi connectivity index (χ0n) is 18.1. The van der Waals surface area contributed by atoms with Crippen LogP contribution in [0.25, 0.3) is 22.2 Å². The number of rotatable bonds is 6. The lowest BCUT2D eigenvalue weighted by molar-refractivity contribution is 0.0964. The molecule has 0 saturated heterocycles. The second kappa shape index (κ2) is 9.05. The minimum Gasteiger partial charge on any atom is -0.369 e. The summed E-state index contributed by atoms with van der Waals surface area (Å²) in [6, 6.07) is 11.1. The zero-order chi connectivity index (χ0) is 22.7. The van der Waals surface area contributed by atoms with Gasteiger partial charge in [-0.15, -0.1) is 0 Å². The van der Waals surface area contributed by atoms with Gasteiger partial charge in [-0.05, 0) is 24.6 Å². The maximum atomic E-state index is 13.5. The molecule has 0 aliphatic carbocycles. The van der Waals surface area contributed by atoms with Gasteiger partial charge in [0.25, 0.3) is 5.91 Å². The Balaban J connectivity index is 1.56.